The highest BCUT2D eigenvalue weighted by Crippen LogP contribution is 2.39. The summed E-state index contributed by atoms with van der Waals surface area (Å²) < 4.78 is 0. The van der Waals surface area contributed by atoms with Gasteiger partial charge in [0.1, 0.15) is 0 Å². The average molecular weight is 314 g/mol. The first-order chi connectivity index (χ1) is 11.4. The van der Waals surface area contributed by atoms with E-state index in [-0.39, 0.29) is 0 Å². The van der Waals surface area contributed by atoms with Gasteiger partial charge in [0.2, 0.25) is 0 Å². The van der Waals surface area contributed by atoms with Gasteiger partial charge in [0.25, 0.3) is 0 Å². The molecule has 3 heterocycles. The van der Waals surface area contributed by atoms with Crippen LogP contribution < -0.4 is 0 Å². The minimum atomic E-state index is 1.18. The van der Waals surface area contributed by atoms with Gasteiger partial charge in [-0.1, -0.05) is 36.4 Å². The maximum atomic E-state index is 3.36. The van der Waals surface area contributed by atoms with Gasteiger partial charge in [0, 0.05) is 55.1 Å². The minimum Gasteiger partial charge on any atom is -0.361 e. The molecule has 2 N–H and O–H groups in total. The maximum absolute atomic E-state index is 3.36. The number of thiophene rings is 1. The number of aromatic amines is 2. The van der Waals surface area contributed by atoms with E-state index in [0.717, 1.165) is 0 Å². The Morgan fingerprint density at radius 3 is 1.57 bits per heavy atom. The first kappa shape index (κ1) is 12.7. The Morgan fingerprint density at radius 2 is 1.04 bits per heavy atom. The Morgan fingerprint density at radius 1 is 0.565 bits per heavy atom. The number of H-pyrrole nitrogens is 2. The Labute approximate surface area is 137 Å². The zero-order valence-corrected chi connectivity index (χ0v) is 13.2. The molecule has 0 radical (unpaired) electrons. The Balaban J connectivity index is 1.66. The van der Waals surface area contributed by atoms with Crippen molar-refractivity contribution in [1.82, 2.24) is 9.97 Å². The Hall–Kier alpha value is -2.78. The van der Waals surface area contributed by atoms with E-state index in [9.17, 15) is 0 Å². The quantitative estimate of drug-likeness (QED) is 0.398. The van der Waals surface area contributed by atoms with E-state index in [1.54, 1.807) is 0 Å². The molecule has 0 fully saturated rings. The molecule has 0 unspecified atom stereocenters. The smallest absolute Gasteiger partial charge is 0.0460 e. The van der Waals surface area contributed by atoms with Crippen molar-refractivity contribution < 1.29 is 0 Å². The van der Waals surface area contributed by atoms with Gasteiger partial charge in [-0.25, -0.2) is 0 Å². The van der Waals surface area contributed by atoms with Gasteiger partial charge in [-0.3, -0.25) is 0 Å². The average Bonchev–Trinajstić information content (AvgIpc) is 3.31. The summed E-state index contributed by atoms with van der Waals surface area (Å²) in [6.45, 7) is 0. The SMILES string of the molecule is c1ccc2c(-c3ccc(-c4c[nH]c5ccccc45)s3)c[nH]c2c1. The van der Waals surface area contributed by atoms with Gasteiger partial charge < -0.3 is 9.97 Å². The maximum Gasteiger partial charge on any atom is 0.0460 e. The highest BCUT2D eigenvalue weighted by atomic mass is 32.1. The normalized spacial score (nSPS) is 11.5. The zero-order valence-electron chi connectivity index (χ0n) is 12.3. The predicted molar refractivity (Wildman–Crippen MR) is 98.9 cm³/mol. The van der Waals surface area contributed by atoms with Crippen LogP contribution in [0.5, 0.6) is 0 Å². The molecule has 2 aromatic carbocycles. The number of hydrogen-bond donors (Lipinski definition) is 2. The van der Waals surface area contributed by atoms with Crippen molar-refractivity contribution in [3.8, 4) is 20.9 Å². The number of nitrogens with one attached hydrogen (secondary N) is 2. The molecule has 3 heteroatoms. The molecule has 23 heavy (non-hydrogen) atoms. The van der Waals surface area contributed by atoms with Crippen molar-refractivity contribution in [1.29, 1.82) is 0 Å². The summed E-state index contributed by atoms with van der Waals surface area (Å²) in [7, 11) is 0. The molecule has 0 bridgehead atoms. The third-order valence-electron chi connectivity index (χ3n) is 4.32. The lowest BCUT2D eigenvalue weighted by Gasteiger charge is -1.96. The molecule has 5 aromatic rings. The third-order valence-corrected chi connectivity index (χ3v) is 5.47. The van der Waals surface area contributed by atoms with Crippen molar-refractivity contribution in [2.75, 3.05) is 0 Å². The van der Waals surface area contributed by atoms with Crippen LogP contribution in [0, 0.1) is 0 Å². The summed E-state index contributed by atoms with van der Waals surface area (Å²) in [5, 5.41) is 2.56. The lowest BCUT2D eigenvalue weighted by atomic mass is 10.1. The van der Waals surface area contributed by atoms with Crippen LogP contribution >= 0.6 is 11.3 Å². The topological polar surface area (TPSA) is 31.6 Å². The molecule has 0 aliphatic carbocycles. The molecule has 5 rings (SSSR count). The number of benzene rings is 2. The predicted octanol–water partition coefficient (Wildman–Crippen LogP) is 6.04. The van der Waals surface area contributed by atoms with Gasteiger partial charge in [-0.05, 0) is 24.3 Å². The van der Waals surface area contributed by atoms with Gasteiger partial charge in [0.05, 0.1) is 0 Å². The fourth-order valence-corrected chi connectivity index (χ4v) is 4.24. The van der Waals surface area contributed by atoms with Crippen LogP contribution in [0.2, 0.25) is 0 Å². The molecule has 0 amide bonds. The molecule has 0 aliphatic rings. The van der Waals surface area contributed by atoms with Crippen LogP contribution in [0.4, 0.5) is 0 Å². The summed E-state index contributed by atoms with van der Waals surface area (Å²) in [5.74, 6) is 0. The molecule has 3 aromatic heterocycles. The molecular formula is C20H14N2S. The van der Waals surface area contributed by atoms with Crippen LogP contribution in [-0.2, 0) is 0 Å². The number of fused-ring (bicyclic) bond motifs is 2. The van der Waals surface area contributed by atoms with E-state index >= 15 is 0 Å². The van der Waals surface area contributed by atoms with Crippen LogP contribution in [0.1, 0.15) is 0 Å². The van der Waals surface area contributed by atoms with Crippen molar-refractivity contribution in [3.05, 3.63) is 73.1 Å². The second kappa shape index (κ2) is 4.86. The number of para-hydroxylation sites is 2. The lowest BCUT2D eigenvalue weighted by Crippen LogP contribution is -1.68. The summed E-state index contributed by atoms with van der Waals surface area (Å²) in [5.41, 5.74) is 4.92. The standard InChI is InChI=1S/C20H14N2S/c1-3-7-17-13(5-1)15(11-21-17)19-9-10-20(23-19)16-12-22-18-8-4-2-6-14(16)18/h1-12,21-22H. The molecule has 0 saturated carbocycles. The lowest BCUT2D eigenvalue weighted by molar-refractivity contribution is 1.48. The first-order valence-corrected chi connectivity index (χ1v) is 8.44. The van der Waals surface area contributed by atoms with Crippen LogP contribution in [-0.4, -0.2) is 9.97 Å². The van der Waals surface area contributed by atoms with E-state index in [1.807, 2.05) is 11.3 Å². The van der Waals surface area contributed by atoms with Crippen molar-refractivity contribution in [2.24, 2.45) is 0 Å². The second-order valence-electron chi connectivity index (χ2n) is 5.66. The van der Waals surface area contributed by atoms with E-state index < -0.39 is 0 Å². The van der Waals surface area contributed by atoms with Crippen molar-refractivity contribution >= 4 is 33.1 Å². The second-order valence-corrected chi connectivity index (χ2v) is 6.74. The molecule has 2 nitrogen and oxygen atoms in total. The summed E-state index contributed by atoms with van der Waals surface area (Å²) >= 11 is 1.84. The van der Waals surface area contributed by atoms with Crippen molar-refractivity contribution in [3.63, 3.8) is 0 Å². The largest absolute Gasteiger partial charge is 0.361 e. The van der Waals surface area contributed by atoms with Crippen LogP contribution in [0.25, 0.3) is 42.7 Å². The molecule has 0 saturated heterocycles. The van der Waals surface area contributed by atoms with E-state index in [1.165, 1.54) is 42.7 Å². The van der Waals surface area contributed by atoms with Gasteiger partial charge in [-0.15, -0.1) is 11.3 Å². The van der Waals surface area contributed by atoms with Crippen molar-refractivity contribution in [2.45, 2.75) is 0 Å². The van der Waals surface area contributed by atoms with Gasteiger partial charge >= 0.3 is 0 Å². The third kappa shape index (κ3) is 1.94. The zero-order chi connectivity index (χ0) is 15.2. The summed E-state index contributed by atoms with van der Waals surface area (Å²) in [4.78, 5) is 9.31. The monoisotopic (exact) mass is 314 g/mol. The van der Waals surface area contributed by atoms with E-state index in [4.69, 9.17) is 0 Å². The Bertz CT molecular complexity index is 1040. The first-order valence-electron chi connectivity index (χ1n) is 7.63. The van der Waals surface area contributed by atoms with Gasteiger partial charge in [0.15, 0.2) is 0 Å². The molecule has 0 spiro atoms. The number of hydrogen-bond acceptors (Lipinski definition) is 1. The molecular weight excluding hydrogens is 300 g/mol. The number of rotatable bonds is 2. The van der Waals surface area contributed by atoms with Crippen LogP contribution in [0.15, 0.2) is 73.1 Å². The minimum absolute atomic E-state index is 1.18. The van der Waals surface area contributed by atoms with Gasteiger partial charge in [-0.2, -0.15) is 0 Å². The molecule has 110 valence electrons. The number of aromatic nitrogens is 2. The Kier molecular flexibility index (Phi) is 2.69. The van der Waals surface area contributed by atoms with Crippen LogP contribution in [0.3, 0.4) is 0 Å². The summed E-state index contributed by atoms with van der Waals surface area (Å²) in [6.07, 6.45) is 4.21. The molecule has 0 atom stereocenters. The molecule has 0 aliphatic heterocycles. The highest BCUT2D eigenvalue weighted by molar-refractivity contribution is 7.19. The summed E-state index contributed by atoms with van der Waals surface area (Å²) in [6, 6.07) is 21.3. The highest BCUT2D eigenvalue weighted by Gasteiger charge is 2.11. The fourth-order valence-electron chi connectivity index (χ4n) is 3.18. The fraction of sp³-hybridized carbons (Fsp3) is 0. The van der Waals surface area contributed by atoms with E-state index in [2.05, 4.69) is 83.0 Å². The van der Waals surface area contributed by atoms with E-state index in [0.29, 0.717) is 0 Å².